The van der Waals surface area contributed by atoms with E-state index in [2.05, 4.69) is 22.5 Å². The monoisotopic (exact) mass is 219 g/mol. The number of carboxylic acids is 1. The van der Waals surface area contributed by atoms with E-state index in [1.165, 1.54) is 0 Å². The molecule has 1 fully saturated rings. The van der Waals surface area contributed by atoms with E-state index in [-0.39, 0.29) is 5.92 Å². The molecule has 0 saturated carbocycles. The fourth-order valence-corrected chi connectivity index (χ4v) is 1.45. The average molecular weight is 220 g/mol. The maximum atomic E-state index is 10.4. The predicted molar refractivity (Wildman–Crippen MR) is 45.6 cm³/mol. The normalized spacial score (nSPS) is 19.4. The minimum absolute atomic E-state index is 0.165. The molecular weight excluding hydrogens is 210 g/mol. The Bertz CT molecular complexity index is 187. The molecule has 3 nitrogen and oxygen atoms in total. The first-order chi connectivity index (χ1) is 5.09. The number of hydrogen-bond acceptors (Lipinski definition) is 2. The van der Waals surface area contributed by atoms with Crippen LogP contribution >= 0.6 is 15.9 Å². The van der Waals surface area contributed by atoms with Crippen molar-refractivity contribution in [2.75, 3.05) is 19.6 Å². The Morgan fingerprint density at radius 3 is 2.64 bits per heavy atom. The van der Waals surface area contributed by atoms with Gasteiger partial charge in [0, 0.05) is 24.1 Å². The first-order valence-electron chi connectivity index (χ1n) is 3.38. The van der Waals surface area contributed by atoms with Crippen molar-refractivity contribution in [3.63, 3.8) is 0 Å². The van der Waals surface area contributed by atoms with E-state index in [0.717, 1.165) is 11.0 Å². The lowest BCUT2D eigenvalue weighted by Crippen LogP contribution is -2.50. The molecular formula is C7H10BrNO2. The molecule has 0 amide bonds. The maximum Gasteiger partial charge on any atom is 0.309 e. The second kappa shape index (κ2) is 3.36. The van der Waals surface area contributed by atoms with E-state index in [1.54, 1.807) is 0 Å². The molecule has 0 aromatic carbocycles. The van der Waals surface area contributed by atoms with Gasteiger partial charge in [-0.3, -0.25) is 9.69 Å². The Kier molecular flexibility index (Phi) is 2.67. The fourth-order valence-electron chi connectivity index (χ4n) is 1.10. The van der Waals surface area contributed by atoms with Gasteiger partial charge in [-0.2, -0.15) is 0 Å². The van der Waals surface area contributed by atoms with Crippen LogP contribution in [0.5, 0.6) is 0 Å². The van der Waals surface area contributed by atoms with Gasteiger partial charge >= 0.3 is 5.97 Å². The molecule has 0 unspecified atom stereocenters. The van der Waals surface area contributed by atoms with Crippen molar-refractivity contribution in [2.24, 2.45) is 5.92 Å². The number of halogens is 1. The number of likely N-dealkylation sites (tertiary alicyclic amines) is 1. The summed E-state index contributed by atoms with van der Waals surface area (Å²) in [4.78, 5) is 12.4. The van der Waals surface area contributed by atoms with Gasteiger partial charge in [0.15, 0.2) is 0 Å². The highest BCUT2D eigenvalue weighted by atomic mass is 79.9. The fraction of sp³-hybridized carbons (Fsp3) is 0.571. The third-order valence-corrected chi connectivity index (χ3v) is 1.95. The Hall–Kier alpha value is -0.350. The lowest BCUT2D eigenvalue weighted by molar-refractivity contribution is -0.147. The second-order valence-electron chi connectivity index (χ2n) is 2.75. The molecule has 1 heterocycles. The van der Waals surface area contributed by atoms with Crippen molar-refractivity contribution in [2.45, 2.75) is 0 Å². The van der Waals surface area contributed by atoms with E-state index in [4.69, 9.17) is 5.11 Å². The van der Waals surface area contributed by atoms with Gasteiger partial charge in [-0.15, -0.1) is 0 Å². The number of carbonyl (C=O) groups is 1. The van der Waals surface area contributed by atoms with Gasteiger partial charge in [0.2, 0.25) is 0 Å². The van der Waals surface area contributed by atoms with Gasteiger partial charge in [-0.05, 0) is 0 Å². The summed E-state index contributed by atoms with van der Waals surface area (Å²) in [7, 11) is 0. The van der Waals surface area contributed by atoms with Gasteiger partial charge in [0.25, 0.3) is 0 Å². The Balaban J connectivity index is 2.19. The molecule has 1 aliphatic heterocycles. The van der Waals surface area contributed by atoms with Crippen molar-refractivity contribution in [1.29, 1.82) is 0 Å². The van der Waals surface area contributed by atoms with Crippen LogP contribution in [0.4, 0.5) is 0 Å². The van der Waals surface area contributed by atoms with Crippen LogP contribution in [0.1, 0.15) is 0 Å². The summed E-state index contributed by atoms with van der Waals surface area (Å²) >= 11 is 3.22. The average Bonchev–Trinajstić information content (AvgIpc) is 1.75. The number of carboxylic acid groups (broad SMARTS) is 1. The van der Waals surface area contributed by atoms with Gasteiger partial charge in [0.1, 0.15) is 0 Å². The molecule has 1 N–H and O–H groups in total. The minimum Gasteiger partial charge on any atom is -0.481 e. The van der Waals surface area contributed by atoms with Crippen LogP contribution in [-0.4, -0.2) is 35.6 Å². The van der Waals surface area contributed by atoms with E-state index < -0.39 is 5.97 Å². The highest BCUT2D eigenvalue weighted by molar-refractivity contribution is 9.11. The van der Waals surface area contributed by atoms with Crippen LogP contribution in [0.15, 0.2) is 11.1 Å². The van der Waals surface area contributed by atoms with Gasteiger partial charge < -0.3 is 5.11 Å². The molecule has 1 saturated heterocycles. The van der Waals surface area contributed by atoms with Crippen molar-refractivity contribution in [1.82, 2.24) is 4.90 Å². The first kappa shape index (κ1) is 8.74. The van der Waals surface area contributed by atoms with Crippen LogP contribution in [0.25, 0.3) is 0 Å². The molecule has 0 bridgehead atoms. The first-order valence-corrected chi connectivity index (χ1v) is 4.17. The molecule has 4 heteroatoms. The molecule has 0 spiro atoms. The van der Waals surface area contributed by atoms with E-state index in [9.17, 15) is 4.79 Å². The molecule has 0 radical (unpaired) electrons. The molecule has 0 atom stereocenters. The van der Waals surface area contributed by atoms with Crippen molar-refractivity contribution in [3.05, 3.63) is 11.1 Å². The van der Waals surface area contributed by atoms with Crippen LogP contribution in [0.3, 0.4) is 0 Å². The molecule has 1 rings (SSSR count). The Morgan fingerprint density at radius 1 is 1.73 bits per heavy atom. The number of rotatable bonds is 3. The zero-order valence-electron chi connectivity index (χ0n) is 6.09. The standard InChI is InChI=1S/C7H10BrNO2/c1-5(8)2-9-3-6(4-9)7(10)11/h6H,1-4H2,(H,10,11). The molecule has 11 heavy (non-hydrogen) atoms. The summed E-state index contributed by atoms with van der Waals surface area (Å²) in [5.74, 6) is -0.858. The topological polar surface area (TPSA) is 40.5 Å². The lowest BCUT2D eigenvalue weighted by atomic mass is 10.0. The SMILES string of the molecule is C=C(Br)CN1CC(C(=O)O)C1. The molecule has 0 aliphatic carbocycles. The summed E-state index contributed by atoms with van der Waals surface area (Å²) in [6.45, 7) is 5.73. The highest BCUT2D eigenvalue weighted by Crippen LogP contribution is 2.17. The number of aliphatic carboxylic acids is 1. The summed E-state index contributed by atoms with van der Waals surface area (Å²) in [6.07, 6.45) is 0. The van der Waals surface area contributed by atoms with Crippen LogP contribution < -0.4 is 0 Å². The van der Waals surface area contributed by atoms with E-state index >= 15 is 0 Å². The third kappa shape index (κ3) is 2.31. The van der Waals surface area contributed by atoms with Crippen molar-refractivity contribution < 1.29 is 9.90 Å². The molecule has 0 aromatic heterocycles. The quantitative estimate of drug-likeness (QED) is 0.768. The number of nitrogens with zero attached hydrogens (tertiary/aromatic N) is 1. The zero-order valence-corrected chi connectivity index (χ0v) is 7.67. The second-order valence-corrected chi connectivity index (χ2v) is 3.87. The van der Waals surface area contributed by atoms with Gasteiger partial charge in [-0.1, -0.05) is 22.5 Å². The summed E-state index contributed by atoms with van der Waals surface area (Å²) in [5.41, 5.74) is 0. The van der Waals surface area contributed by atoms with E-state index in [1.807, 2.05) is 4.90 Å². The Morgan fingerprint density at radius 2 is 2.27 bits per heavy atom. The van der Waals surface area contributed by atoms with Gasteiger partial charge in [-0.25, -0.2) is 0 Å². The van der Waals surface area contributed by atoms with Crippen molar-refractivity contribution in [3.8, 4) is 0 Å². The number of hydrogen-bond donors (Lipinski definition) is 1. The predicted octanol–water partition coefficient (Wildman–Crippen LogP) is 0.911. The zero-order chi connectivity index (χ0) is 8.43. The largest absolute Gasteiger partial charge is 0.481 e. The highest BCUT2D eigenvalue weighted by Gasteiger charge is 2.31. The van der Waals surface area contributed by atoms with Gasteiger partial charge in [0.05, 0.1) is 5.92 Å². The van der Waals surface area contributed by atoms with Crippen LogP contribution in [-0.2, 0) is 4.79 Å². The van der Waals surface area contributed by atoms with Crippen LogP contribution in [0.2, 0.25) is 0 Å². The summed E-state index contributed by atoms with van der Waals surface area (Å²) in [6, 6.07) is 0. The maximum absolute atomic E-state index is 10.4. The molecule has 62 valence electrons. The summed E-state index contributed by atoms with van der Waals surface area (Å²) < 4.78 is 0.904. The van der Waals surface area contributed by atoms with Crippen LogP contribution in [0, 0.1) is 5.92 Å². The van der Waals surface area contributed by atoms with Crippen molar-refractivity contribution >= 4 is 21.9 Å². The Labute approximate surface area is 73.8 Å². The summed E-state index contributed by atoms with van der Waals surface area (Å²) in [5, 5.41) is 8.52. The third-order valence-electron chi connectivity index (χ3n) is 1.70. The molecule has 1 aliphatic rings. The van der Waals surface area contributed by atoms with E-state index in [0.29, 0.717) is 13.1 Å². The lowest BCUT2D eigenvalue weighted by Gasteiger charge is -2.36. The smallest absolute Gasteiger partial charge is 0.309 e. The minimum atomic E-state index is -0.693. The molecule has 0 aromatic rings.